The molecule has 0 radical (unpaired) electrons. The van der Waals surface area contributed by atoms with E-state index in [-0.39, 0.29) is 6.04 Å². The summed E-state index contributed by atoms with van der Waals surface area (Å²) in [5, 5.41) is 4.35. The van der Waals surface area contributed by atoms with Crippen LogP contribution in [-0.4, -0.2) is 13.2 Å². The van der Waals surface area contributed by atoms with E-state index in [1.54, 1.807) is 0 Å². The molecule has 0 fully saturated rings. The number of halogens is 1. The molecule has 1 N–H and O–H groups in total. The Morgan fingerprint density at radius 3 is 2.89 bits per heavy atom. The van der Waals surface area contributed by atoms with Crippen molar-refractivity contribution in [3.05, 3.63) is 46.2 Å². The van der Waals surface area contributed by atoms with Gasteiger partial charge in [-0.25, -0.2) is 0 Å². The highest BCUT2D eigenvalue weighted by Gasteiger charge is 2.21. The standard InChI is InChI=1S/C16H22ClNO/c1-3-9-18-16(15-6-4-5-10-19-15)13-8-7-12(2)11-14(13)17/h6-8,11,16,18H,3-5,9-10H2,1-2H3. The molecule has 2 nitrogen and oxygen atoms in total. The number of hydrogen-bond donors (Lipinski definition) is 1. The second kappa shape index (κ2) is 6.97. The van der Waals surface area contributed by atoms with Crippen molar-refractivity contribution in [1.82, 2.24) is 5.32 Å². The van der Waals surface area contributed by atoms with Gasteiger partial charge in [-0.3, -0.25) is 0 Å². The summed E-state index contributed by atoms with van der Waals surface area (Å²) in [6, 6.07) is 6.30. The van der Waals surface area contributed by atoms with Crippen LogP contribution in [0.3, 0.4) is 0 Å². The Labute approximate surface area is 120 Å². The molecule has 3 heteroatoms. The second-order valence-electron chi connectivity index (χ2n) is 5.01. The molecule has 0 aliphatic carbocycles. The third-order valence-corrected chi connectivity index (χ3v) is 3.64. The number of ether oxygens (including phenoxy) is 1. The first kappa shape index (κ1) is 14.4. The van der Waals surface area contributed by atoms with Crippen LogP contribution in [-0.2, 0) is 4.74 Å². The summed E-state index contributed by atoms with van der Waals surface area (Å²) in [6.45, 7) is 5.98. The van der Waals surface area contributed by atoms with Gasteiger partial charge in [-0.2, -0.15) is 0 Å². The van der Waals surface area contributed by atoms with Crippen LogP contribution < -0.4 is 5.32 Å². The molecule has 2 rings (SSSR count). The summed E-state index contributed by atoms with van der Waals surface area (Å²) in [4.78, 5) is 0. The normalized spacial score (nSPS) is 16.7. The van der Waals surface area contributed by atoms with Gasteiger partial charge in [-0.05, 0) is 56.0 Å². The third kappa shape index (κ3) is 3.74. The first-order valence-electron chi connectivity index (χ1n) is 7.04. The topological polar surface area (TPSA) is 21.3 Å². The quantitative estimate of drug-likeness (QED) is 0.863. The number of hydrogen-bond acceptors (Lipinski definition) is 2. The van der Waals surface area contributed by atoms with Crippen molar-refractivity contribution < 1.29 is 4.74 Å². The fourth-order valence-corrected chi connectivity index (χ4v) is 2.64. The molecule has 104 valence electrons. The summed E-state index contributed by atoms with van der Waals surface area (Å²) in [6.07, 6.45) is 5.47. The highest BCUT2D eigenvalue weighted by atomic mass is 35.5. The average molecular weight is 280 g/mol. The summed E-state index contributed by atoms with van der Waals surface area (Å²) in [5.74, 6) is 1.02. The lowest BCUT2D eigenvalue weighted by molar-refractivity contribution is 0.167. The zero-order valence-electron chi connectivity index (χ0n) is 11.7. The maximum Gasteiger partial charge on any atom is 0.113 e. The van der Waals surface area contributed by atoms with Gasteiger partial charge in [0, 0.05) is 5.02 Å². The van der Waals surface area contributed by atoms with Gasteiger partial charge >= 0.3 is 0 Å². The summed E-state index contributed by atoms with van der Waals surface area (Å²) >= 11 is 6.40. The van der Waals surface area contributed by atoms with E-state index in [4.69, 9.17) is 16.3 Å². The highest BCUT2D eigenvalue weighted by Crippen LogP contribution is 2.31. The SMILES string of the molecule is CCCNC(C1=CCCCO1)c1ccc(C)cc1Cl. The fraction of sp³-hybridized carbons (Fsp3) is 0.500. The monoisotopic (exact) mass is 279 g/mol. The number of benzene rings is 1. The van der Waals surface area contributed by atoms with E-state index >= 15 is 0 Å². The summed E-state index contributed by atoms with van der Waals surface area (Å²) in [7, 11) is 0. The van der Waals surface area contributed by atoms with Crippen molar-refractivity contribution in [1.29, 1.82) is 0 Å². The Morgan fingerprint density at radius 1 is 1.42 bits per heavy atom. The van der Waals surface area contributed by atoms with Crippen molar-refractivity contribution in [2.24, 2.45) is 0 Å². The van der Waals surface area contributed by atoms with Gasteiger partial charge in [0.1, 0.15) is 5.76 Å². The minimum Gasteiger partial charge on any atom is -0.496 e. The van der Waals surface area contributed by atoms with Crippen LogP contribution in [0.15, 0.2) is 30.0 Å². The Balaban J connectivity index is 2.27. The van der Waals surface area contributed by atoms with E-state index in [0.717, 1.165) is 48.8 Å². The average Bonchev–Trinajstić information content (AvgIpc) is 2.42. The molecule has 0 amide bonds. The smallest absolute Gasteiger partial charge is 0.113 e. The molecular formula is C16H22ClNO. The van der Waals surface area contributed by atoms with E-state index < -0.39 is 0 Å². The minimum atomic E-state index is 0.0772. The lowest BCUT2D eigenvalue weighted by Crippen LogP contribution is -2.26. The molecule has 1 aliphatic heterocycles. The van der Waals surface area contributed by atoms with Gasteiger partial charge in [0.05, 0.1) is 12.6 Å². The van der Waals surface area contributed by atoms with E-state index in [2.05, 4.69) is 37.4 Å². The zero-order chi connectivity index (χ0) is 13.7. The molecule has 19 heavy (non-hydrogen) atoms. The van der Waals surface area contributed by atoms with Gasteiger partial charge < -0.3 is 10.1 Å². The number of rotatable bonds is 5. The first-order valence-corrected chi connectivity index (χ1v) is 7.42. The minimum absolute atomic E-state index is 0.0772. The van der Waals surface area contributed by atoms with Crippen LogP contribution in [0.2, 0.25) is 5.02 Å². The zero-order valence-corrected chi connectivity index (χ0v) is 12.5. The van der Waals surface area contributed by atoms with Crippen molar-refractivity contribution in [2.75, 3.05) is 13.2 Å². The fourth-order valence-electron chi connectivity index (χ4n) is 2.30. The Morgan fingerprint density at radius 2 is 2.26 bits per heavy atom. The molecule has 1 unspecified atom stereocenters. The van der Waals surface area contributed by atoms with Crippen LogP contribution in [0.1, 0.15) is 43.4 Å². The molecule has 0 bridgehead atoms. The van der Waals surface area contributed by atoms with Crippen LogP contribution in [0.25, 0.3) is 0 Å². The molecule has 1 aliphatic rings. The van der Waals surface area contributed by atoms with Gasteiger partial charge in [0.2, 0.25) is 0 Å². The molecule has 0 saturated carbocycles. The molecule has 1 aromatic rings. The van der Waals surface area contributed by atoms with Crippen LogP contribution in [0.5, 0.6) is 0 Å². The van der Waals surface area contributed by atoms with Crippen LogP contribution >= 0.6 is 11.6 Å². The Bertz CT molecular complexity index is 456. The number of nitrogens with one attached hydrogen (secondary N) is 1. The van der Waals surface area contributed by atoms with Crippen LogP contribution in [0, 0.1) is 6.92 Å². The first-order chi connectivity index (χ1) is 9.22. The summed E-state index contributed by atoms with van der Waals surface area (Å²) in [5.41, 5.74) is 2.29. The van der Waals surface area contributed by atoms with Crippen molar-refractivity contribution in [3.8, 4) is 0 Å². The molecule has 1 atom stereocenters. The third-order valence-electron chi connectivity index (χ3n) is 3.31. The van der Waals surface area contributed by atoms with Crippen molar-refractivity contribution in [3.63, 3.8) is 0 Å². The molecule has 0 spiro atoms. The van der Waals surface area contributed by atoms with Crippen molar-refractivity contribution >= 4 is 11.6 Å². The highest BCUT2D eigenvalue weighted by molar-refractivity contribution is 6.31. The van der Waals surface area contributed by atoms with E-state index in [1.165, 1.54) is 5.56 Å². The Kier molecular flexibility index (Phi) is 5.29. The number of aryl methyl sites for hydroxylation is 1. The molecule has 1 heterocycles. The van der Waals surface area contributed by atoms with Crippen molar-refractivity contribution in [2.45, 2.75) is 39.2 Å². The second-order valence-corrected chi connectivity index (χ2v) is 5.42. The lowest BCUT2D eigenvalue weighted by atomic mass is 10.0. The van der Waals surface area contributed by atoms with Gasteiger partial charge in [-0.1, -0.05) is 30.7 Å². The molecule has 0 saturated heterocycles. The predicted octanol–water partition coefficient (Wildman–Crippen LogP) is 4.38. The Hall–Kier alpha value is -0.990. The van der Waals surface area contributed by atoms with E-state index in [9.17, 15) is 0 Å². The van der Waals surface area contributed by atoms with E-state index in [0.29, 0.717) is 0 Å². The predicted molar refractivity (Wildman–Crippen MR) is 80.5 cm³/mol. The van der Waals surface area contributed by atoms with E-state index in [1.807, 2.05) is 6.07 Å². The van der Waals surface area contributed by atoms with Crippen LogP contribution in [0.4, 0.5) is 0 Å². The van der Waals surface area contributed by atoms with Gasteiger partial charge in [0.25, 0.3) is 0 Å². The number of allylic oxidation sites excluding steroid dienone is 1. The largest absolute Gasteiger partial charge is 0.496 e. The summed E-state index contributed by atoms with van der Waals surface area (Å²) < 4.78 is 5.82. The molecule has 1 aromatic carbocycles. The van der Waals surface area contributed by atoms with Gasteiger partial charge in [-0.15, -0.1) is 0 Å². The maximum atomic E-state index is 6.40. The molecular weight excluding hydrogens is 258 g/mol. The maximum absolute atomic E-state index is 6.40. The van der Waals surface area contributed by atoms with Gasteiger partial charge in [0.15, 0.2) is 0 Å². The molecule has 0 aromatic heterocycles. The lowest BCUT2D eigenvalue weighted by Gasteiger charge is -2.26.